The van der Waals surface area contributed by atoms with Crippen LogP contribution >= 0.6 is 27.5 Å². The van der Waals surface area contributed by atoms with Crippen molar-refractivity contribution in [3.63, 3.8) is 0 Å². The smallest absolute Gasteiger partial charge is 0.0447 e. The SMILES string of the molecule is ClCC12C3Cc4ccccc4C1C32Br. The summed E-state index contributed by atoms with van der Waals surface area (Å²) < 4.78 is 0.399. The average molecular weight is 270 g/mol. The lowest BCUT2D eigenvalue weighted by Crippen LogP contribution is -2.22. The first kappa shape index (κ1) is 8.18. The first-order chi connectivity index (χ1) is 6.77. The number of fused-ring (bicyclic) bond motifs is 4. The minimum absolute atomic E-state index is 0.399. The average Bonchev–Trinajstić information content (AvgIpc) is 3.00. The van der Waals surface area contributed by atoms with Gasteiger partial charge in [-0.25, -0.2) is 0 Å². The van der Waals surface area contributed by atoms with Gasteiger partial charge < -0.3 is 0 Å². The molecule has 4 rings (SSSR count). The first-order valence-electron chi connectivity index (χ1n) is 5.09. The van der Waals surface area contributed by atoms with Crippen LogP contribution in [0, 0.1) is 11.3 Å². The minimum Gasteiger partial charge on any atom is -0.126 e. The molecule has 0 nitrogen and oxygen atoms in total. The lowest BCUT2D eigenvalue weighted by molar-refractivity contribution is 0.447. The molecule has 14 heavy (non-hydrogen) atoms. The number of rotatable bonds is 1. The van der Waals surface area contributed by atoms with Gasteiger partial charge in [-0.1, -0.05) is 40.2 Å². The Hall–Kier alpha value is -0.0100. The van der Waals surface area contributed by atoms with E-state index in [2.05, 4.69) is 40.2 Å². The minimum atomic E-state index is 0.399. The molecule has 0 spiro atoms. The highest BCUT2D eigenvalue weighted by molar-refractivity contribution is 9.10. The fraction of sp³-hybridized carbons (Fsp3) is 0.500. The maximum Gasteiger partial charge on any atom is 0.0447 e. The van der Waals surface area contributed by atoms with Crippen LogP contribution in [0.3, 0.4) is 0 Å². The zero-order chi connectivity index (χ0) is 9.55. The monoisotopic (exact) mass is 268 g/mol. The van der Waals surface area contributed by atoms with E-state index in [0.717, 1.165) is 11.8 Å². The Morgan fingerprint density at radius 3 is 2.93 bits per heavy atom. The second-order valence-corrected chi connectivity index (χ2v) is 6.41. The predicted molar refractivity (Wildman–Crippen MR) is 61.2 cm³/mol. The summed E-state index contributed by atoms with van der Waals surface area (Å²) in [6.07, 6.45) is 1.23. The zero-order valence-corrected chi connectivity index (χ0v) is 9.98. The van der Waals surface area contributed by atoms with E-state index in [1.165, 1.54) is 6.42 Å². The Morgan fingerprint density at radius 2 is 2.21 bits per heavy atom. The lowest BCUT2D eigenvalue weighted by Gasteiger charge is -2.28. The number of hydrogen-bond acceptors (Lipinski definition) is 0. The molecule has 4 unspecified atom stereocenters. The van der Waals surface area contributed by atoms with Gasteiger partial charge in [0.15, 0.2) is 0 Å². The van der Waals surface area contributed by atoms with E-state index in [1.54, 1.807) is 11.1 Å². The van der Waals surface area contributed by atoms with Crippen LogP contribution in [0.15, 0.2) is 24.3 Å². The molecule has 3 aliphatic rings. The maximum absolute atomic E-state index is 6.11. The van der Waals surface area contributed by atoms with E-state index in [1.807, 2.05) is 0 Å². The van der Waals surface area contributed by atoms with Crippen molar-refractivity contribution in [2.75, 3.05) is 5.88 Å². The molecule has 0 radical (unpaired) electrons. The van der Waals surface area contributed by atoms with Crippen LogP contribution in [0.1, 0.15) is 17.0 Å². The van der Waals surface area contributed by atoms with E-state index in [4.69, 9.17) is 11.6 Å². The molecule has 1 aromatic rings. The van der Waals surface area contributed by atoms with Gasteiger partial charge in [-0.3, -0.25) is 0 Å². The van der Waals surface area contributed by atoms with Gasteiger partial charge in [0.25, 0.3) is 0 Å². The van der Waals surface area contributed by atoms with Crippen LogP contribution in [0.5, 0.6) is 0 Å². The Bertz CT molecular complexity index is 444. The van der Waals surface area contributed by atoms with E-state index in [-0.39, 0.29) is 0 Å². The van der Waals surface area contributed by atoms with E-state index in [0.29, 0.717) is 15.7 Å². The lowest BCUT2D eigenvalue weighted by atomic mass is 9.78. The van der Waals surface area contributed by atoms with Gasteiger partial charge in [0.2, 0.25) is 0 Å². The molecule has 1 aromatic carbocycles. The molecule has 0 saturated heterocycles. The molecule has 0 aliphatic heterocycles. The summed E-state index contributed by atoms with van der Waals surface area (Å²) in [7, 11) is 0. The molecule has 0 amide bonds. The topological polar surface area (TPSA) is 0 Å². The van der Waals surface area contributed by atoms with E-state index in [9.17, 15) is 0 Å². The summed E-state index contributed by atoms with van der Waals surface area (Å²) in [5, 5.41) is 0. The number of benzene rings is 1. The second-order valence-electron chi connectivity index (χ2n) is 4.83. The number of halogens is 2. The van der Waals surface area contributed by atoms with Gasteiger partial charge in [0, 0.05) is 21.5 Å². The summed E-state index contributed by atoms with van der Waals surface area (Å²) in [4.78, 5) is 0. The quantitative estimate of drug-likeness (QED) is 0.686. The van der Waals surface area contributed by atoms with Crippen LogP contribution in [0.2, 0.25) is 0 Å². The van der Waals surface area contributed by atoms with Crippen molar-refractivity contribution in [1.29, 1.82) is 0 Å². The molecule has 0 heterocycles. The normalized spacial score (nSPS) is 50.7. The maximum atomic E-state index is 6.11. The van der Waals surface area contributed by atoms with Crippen LogP contribution < -0.4 is 0 Å². The number of hydrogen-bond donors (Lipinski definition) is 0. The highest BCUT2D eigenvalue weighted by Gasteiger charge is 2.97. The van der Waals surface area contributed by atoms with Crippen molar-refractivity contribution in [1.82, 2.24) is 0 Å². The molecule has 0 aromatic heterocycles. The summed E-state index contributed by atoms with van der Waals surface area (Å²) in [5.74, 6) is 2.34. The van der Waals surface area contributed by atoms with E-state index >= 15 is 0 Å². The molecule has 0 bridgehead atoms. The van der Waals surface area contributed by atoms with Crippen molar-refractivity contribution in [2.45, 2.75) is 16.7 Å². The summed E-state index contributed by atoms with van der Waals surface area (Å²) in [6, 6.07) is 8.84. The zero-order valence-electron chi connectivity index (χ0n) is 7.63. The standard InChI is InChI=1S/C12H10BrCl/c13-12-9-5-7-3-1-2-4-8(7)10(12)11(9,12)6-14/h1-4,9-10H,5-6H2. The first-order valence-corrected chi connectivity index (χ1v) is 6.42. The van der Waals surface area contributed by atoms with E-state index < -0.39 is 0 Å². The van der Waals surface area contributed by atoms with Crippen LogP contribution in [0.4, 0.5) is 0 Å². The second kappa shape index (κ2) is 2.08. The Balaban J connectivity index is 1.90. The Labute approximate surface area is 96.8 Å². The molecule has 3 aliphatic carbocycles. The molecule has 0 N–H and O–H groups in total. The largest absolute Gasteiger partial charge is 0.126 e. The van der Waals surface area contributed by atoms with Crippen LogP contribution in [-0.2, 0) is 6.42 Å². The van der Waals surface area contributed by atoms with Gasteiger partial charge in [0.05, 0.1) is 0 Å². The predicted octanol–water partition coefficient (Wildman–Crippen LogP) is 3.33. The third-order valence-electron chi connectivity index (χ3n) is 4.62. The molecule has 2 fully saturated rings. The van der Waals surface area contributed by atoms with Crippen molar-refractivity contribution in [3.05, 3.63) is 35.4 Å². The fourth-order valence-corrected chi connectivity index (χ4v) is 6.17. The van der Waals surface area contributed by atoms with Gasteiger partial charge in [-0.15, -0.1) is 11.6 Å². The number of alkyl halides is 2. The molecule has 4 atom stereocenters. The van der Waals surface area contributed by atoms with Crippen molar-refractivity contribution in [2.24, 2.45) is 11.3 Å². The van der Waals surface area contributed by atoms with Crippen molar-refractivity contribution >= 4 is 27.5 Å². The Morgan fingerprint density at radius 1 is 1.43 bits per heavy atom. The summed E-state index contributed by atoms with van der Waals surface area (Å²) in [6.45, 7) is 0. The van der Waals surface area contributed by atoms with Gasteiger partial charge in [-0.2, -0.15) is 0 Å². The molecule has 2 heteroatoms. The molecular formula is C12H10BrCl. The van der Waals surface area contributed by atoms with Crippen LogP contribution in [0.25, 0.3) is 0 Å². The molecule has 2 saturated carbocycles. The molecular weight excluding hydrogens is 259 g/mol. The third-order valence-corrected chi connectivity index (χ3v) is 6.81. The highest BCUT2D eigenvalue weighted by atomic mass is 79.9. The summed E-state index contributed by atoms with van der Waals surface area (Å²) >= 11 is 10.0. The Kier molecular flexibility index (Phi) is 1.21. The molecule has 72 valence electrons. The van der Waals surface area contributed by atoms with Gasteiger partial charge in [0.1, 0.15) is 0 Å². The van der Waals surface area contributed by atoms with Gasteiger partial charge >= 0.3 is 0 Å². The van der Waals surface area contributed by atoms with Crippen molar-refractivity contribution in [3.8, 4) is 0 Å². The highest BCUT2D eigenvalue weighted by Crippen LogP contribution is 2.97. The summed E-state index contributed by atoms with van der Waals surface area (Å²) in [5.41, 5.74) is 3.53. The fourth-order valence-electron chi connectivity index (χ4n) is 3.80. The third kappa shape index (κ3) is 0.557. The van der Waals surface area contributed by atoms with Gasteiger partial charge in [-0.05, 0) is 23.5 Å². The van der Waals surface area contributed by atoms with Crippen LogP contribution in [-0.4, -0.2) is 10.2 Å². The van der Waals surface area contributed by atoms with Crippen molar-refractivity contribution < 1.29 is 0 Å².